The third-order valence-corrected chi connectivity index (χ3v) is 4.00. The number of hydrogen-bond acceptors (Lipinski definition) is 5. The Hall–Kier alpha value is -1.73. The molecule has 3 heterocycles. The quantitative estimate of drug-likeness (QED) is 0.902. The molecular formula is C12H15N5OS. The first-order valence-corrected chi connectivity index (χ1v) is 7.15. The van der Waals surface area contributed by atoms with Gasteiger partial charge >= 0.3 is 0 Å². The number of nitrogens with one attached hydrogen (secondary N) is 1. The van der Waals surface area contributed by atoms with Crippen LogP contribution in [-0.4, -0.2) is 57.1 Å². The molecule has 1 saturated heterocycles. The molecule has 6 nitrogen and oxygen atoms in total. The van der Waals surface area contributed by atoms with Gasteiger partial charge in [-0.3, -0.25) is 14.8 Å². The maximum Gasteiger partial charge on any atom is 0.291 e. The molecule has 0 spiro atoms. The fraction of sp³-hybridized carbons (Fsp3) is 0.417. The van der Waals surface area contributed by atoms with Crippen molar-refractivity contribution in [3.8, 4) is 0 Å². The van der Waals surface area contributed by atoms with Gasteiger partial charge in [0.15, 0.2) is 0 Å². The van der Waals surface area contributed by atoms with E-state index in [0.29, 0.717) is 5.82 Å². The number of thiophene rings is 1. The summed E-state index contributed by atoms with van der Waals surface area (Å²) in [5.74, 6) is 0.263. The molecule has 0 atom stereocenters. The molecule has 19 heavy (non-hydrogen) atoms. The first-order chi connectivity index (χ1) is 9.33. The second-order valence-electron chi connectivity index (χ2n) is 4.53. The molecule has 0 aliphatic carbocycles. The minimum Gasteiger partial charge on any atom is -0.333 e. The molecule has 1 aliphatic rings. The van der Waals surface area contributed by atoms with Crippen molar-refractivity contribution < 1.29 is 4.79 Å². The Morgan fingerprint density at radius 2 is 2.21 bits per heavy atom. The van der Waals surface area contributed by atoms with Gasteiger partial charge < -0.3 is 4.90 Å². The Bertz CT molecular complexity index is 516. The van der Waals surface area contributed by atoms with Gasteiger partial charge in [0.2, 0.25) is 5.82 Å². The lowest BCUT2D eigenvalue weighted by Gasteiger charge is -2.34. The lowest BCUT2D eigenvalue weighted by atomic mass is 10.2. The van der Waals surface area contributed by atoms with Gasteiger partial charge in [0.1, 0.15) is 6.33 Å². The molecule has 0 bridgehead atoms. The predicted molar refractivity (Wildman–Crippen MR) is 71.9 cm³/mol. The lowest BCUT2D eigenvalue weighted by molar-refractivity contribution is 0.0617. The van der Waals surface area contributed by atoms with Crippen molar-refractivity contribution >= 4 is 17.2 Å². The van der Waals surface area contributed by atoms with E-state index in [1.807, 2.05) is 4.90 Å². The number of carbonyl (C=O) groups is 1. The molecule has 2 aromatic rings. The van der Waals surface area contributed by atoms with E-state index in [4.69, 9.17) is 0 Å². The highest BCUT2D eigenvalue weighted by Crippen LogP contribution is 2.12. The fourth-order valence-corrected chi connectivity index (χ4v) is 2.87. The molecule has 3 rings (SSSR count). The number of amides is 1. The highest BCUT2D eigenvalue weighted by atomic mass is 32.1. The summed E-state index contributed by atoms with van der Waals surface area (Å²) in [7, 11) is 0. The van der Waals surface area contributed by atoms with Gasteiger partial charge in [-0.1, -0.05) is 0 Å². The zero-order chi connectivity index (χ0) is 13.1. The van der Waals surface area contributed by atoms with Gasteiger partial charge in [0.05, 0.1) is 0 Å². The minimum atomic E-state index is -0.0623. The van der Waals surface area contributed by atoms with Crippen LogP contribution >= 0.6 is 11.3 Å². The van der Waals surface area contributed by atoms with Crippen LogP contribution in [0.3, 0.4) is 0 Å². The van der Waals surface area contributed by atoms with Crippen molar-refractivity contribution in [1.29, 1.82) is 0 Å². The summed E-state index contributed by atoms with van der Waals surface area (Å²) in [6, 6.07) is 2.15. The number of nitrogens with zero attached hydrogens (tertiary/aromatic N) is 4. The zero-order valence-corrected chi connectivity index (χ0v) is 11.3. The summed E-state index contributed by atoms with van der Waals surface area (Å²) in [5.41, 5.74) is 1.35. The molecule has 2 aromatic heterocycles. The predicted octanol–water partition coefficient (Wildman–Crippen LogP) is 0.824. The Morgan fingerprint density at radius 3 is 2.84 bits per heavy atom. The standard InChI is InChI=1S/C12H15N5OS/c18-12(11-13-9-14-15-11)17-4-2-16(3-5-17)7-10-1-6-19-8-10/h1,6,8-9H,2-5,7H2,(H,13,14,15). The van der Waals surface area contributed by atoms with Gasteiger partial charge in [-0.25, -0.2) is 4.98 Å². The van der Waals surface area contributed by atoms with E-state index in [1.165, 1.54) is 11.9 Å². The smallest absolute Gasteiger partial charge is 0.291 e. The van der Waals surface area contributed by atoms with Gasteiger partial charge in [0.25, 0.3) is 5.91 Å². The van der Waals surface area contributed by atoms with Crippen LogP contribution in [0.1, 0.15) is 16.2 Å². The van der Waals surface area contributed by atoms with Crippen LogP contribution in [0.4, 0.5) is 0 Å². The number of piperazine rings is 1. The summed E-state index contributed by atoms with van der Waals surface area (Å²) in [6.07, 6.45) is 1.36. The Labute approximate surface area is 115 Å². The molecule has 1 N–H and O–H groups in total. The van der Waals surface area contributed by atoms with E-state index in [9.17, 15) is 4.79 Å². The van der Waals surface area contributed by atoms with Crippen molar-refractivity contribution in [3.05, 3.63) is 34.5 Å². The zero-order valence-electron chi connectivity index (χ0n) is 10.5. The molecule has 0 unspecified atom stereocenters. The molecule has 0 aromatic carbocycles. The van der Waals surface area contributed by atoms with Crippen LogP contribution in [0, 0.1) is 0 Å². The molecule has 7 heteroatoms. The van der Waals surface area contributed by atoms with Gasteiger partial charge in [-0.15, -0.1) is 0 Å². The normalized spacial score (nSPS) is 16.7. The lowest BCUT2D eigenvalue weighted by Crippen LogP contribution is -2.48. The van der Waals surface area contributed by atoms with Crippen molar-refractivity contribution in [3.63, 3.8) is 0 Å². The third-order valence-electron chi connectivity index (χ3n) is 3.26. The maximum absolute atomic E-state index is 12.1. The third kappa shape index (κ3) is 2.82. The average molecular weight is 277 g/mol. The van der Waals surface area contributed by atoms with Crippen molar-refractivity contribution in [2.75, 3.05) is 26.2 Å². The summed E-state index contributed by atoms with van der Waals surface area (Å²) >= 11 is 1.72. The minimum absolute atomic E-state index is 0.0623. The molecule has 0 radical (unpaired) electrons. The van der Waals surface area contributed by atoms with E-state index < -0.39 is 0 Å². The molecular weight excluding hydrogens is 262 g/mol. The number of H-pyrrole nitrogens is 1. The monoisotopic (exact) mass is 277 g/mol. The maximum atomic E-state index is 12.1. The van der Waals surface area contributed by atoms with Crippen LogP contribution < -0.4 is 0 Å². The molecule has 100 valence electrons. The van der Waals surface area contributed by atoms with Gasteiger partial charge in [-0.2, -0.15) is 16.4 Å². The number of aromatic nitrogens is 3. The van der Waals surface area contributed by atoms with E-state index in [2.05, 4.69) is 36.9 Å². The Kier molecular flexibility index (Phi) is 3.56. The van der Waals surface area contributed by atoms with Crippen molar-refractivity contribution in [1.82, 2.24) is 25.0 Å². The van der Waals surface area contributed by atoms with E-state index in [0.717, 1.165) is 32.7 Å². The summed E-state index contributed by atoms with van der Waals surface area (Å²) in [4.78, 5) is 20.2. The highest BCUT2D eigenvalue weighted by molar-refractivity contribution is 7.07. The van der Waals surface area contributed by atoms with E-state index in [-0.39, 0.29) is 5.91 Å². The first-order valence-electron chi connectivity index (χ1n) is 6.21. The molecule has 0 saturated carbocycles. The van der Waals surface area contributed by atoms with Crippen molar-refractivity contribution in [2.45, 2.75) is 6.54 Å². The number of carbonyl (C=O) groups excluding carboxylic acids is 1. The van der Waals surface area contributed by atoms with E-state index >= 15 is 0 Å². The van der Waals surface area contributed by atoms with Gasteiger partial charge in [-0.05, 0) is 22.4 Å². The van der Waals surface area contributed by atoms with E-state index in [1.54, 1.807) is 11.3 Å². The molecule has 1 aliphatic heterocycles. The second-order valence-corrected chi connectivity index (χ2v) is 5.31. The average Bonchev–Trinajstić information content (AvgIpc) is 3.12. The largest absolute Gasteiger partial charge is 0.333 e. The summed E-state index contributed by atoms with van der Waals surface area (Å²) in [5, 5.41) is 10.6. The first kappa shape index (κ1) is 12.3. The van der Waals surface area contributed by atoms with Crippen molar-refractivity contribution in [2.24, 2.45) is 0 Å². The fourth-order valence-electron chi connectivity index (χ4n) is 2.21. The number of hydrogen-bond donors (Lipinski definition) is 1. The molecule has 1 fully saturated rings. The summed E-state index contributed by atoms with van der Waals surface area (Å²) in [6.45, 7) is 4.24. The van der Waals surface area contributed by atoms with Crippen LogP contribution in [0.15, 0.2) is 23.2 Å². The summed E-state index contributed by atoms with van der Waals surface area (Å²) < 4.78 is 0. The Morgan fingerprint density at radius 1 is 1.37 bits per heavy atom. The van der Waals surface area contributed by atoms with Crippen LogP contribution in [0.2, 0.25) is 0 Å². The highest BCUT2D eigenvalue weighted by Gasteiger charge is 2.23. The van der Waals surface area contributed by atoms with Crippen LogP contribution in [0.25, 0.3) is 0 Å². The second kappa shape index (κ2) is 5.50. The number of aromatic amines is 1. The van der Waals surface area contributed by atoms with Crippen LogP contribution in [-0.2, 0) is 6.54 Å². The SMILES string of the molecule is O=C(c1ncn[nH]1)N1CCN(Cc2ccsc2)CC1. The Balaban J connectivity index is 1.53. The number of rotatable bonds is 3. The van der Waals surface area contributed by atoms with Crippen LogP contribution in [0.5, 0.6) is 0 Å². The molecule has 1 amide bonds. The van der Waals surface area contributed by atoms with Gasteiger partial charge in [0, 0.05) is 32.7 Å². The topological polar surface area (TPSA) is 65.1 Å².